The summed E-state index contributed by atoms with van der Waals surface area (Å²) in [6.07, 6.45) is 2.60. The van der Waals surface area contributed by atoms with Gasteiger partial charge < -0.3 is 0 Å². The van der Waals surface area contributed by atoms with E-state index in [0.29, 0.717) is 5.92 Å². The molecule has 0 amide bonds. The summed E-state index contributed by atoms with van der Waals surface area (Å²) in [4.78, 5) is 0. The predicted octanol–water partition coefficient (Wildman–Crippen LogP) is 4.34. The van der Waals surface area contributed by atoms with E-state index >= 15 is 0 Å². The van der Waals surface area contributed by atoms with Crippen molar-refractivity contribution in [3.05, 3.63) is 42.0 Å². The van der Waals surface area contributed by atoms with Crippen molar-refractivity contribution in [2.45, 2.75) is 32.5 Å². The van der Waals surface area contributed by atoms with Crippen LogP contribution in [0.1, 0.15) is 24.0 Å². The van der Waals surface area contributed by atoms with Gasteiger partial charge in [0.05, 0.1) is 0 Å². The number of rotatable bonds is 2. The minimum absolute atomic E-state index is 0.713. The SMILES string of the molecule is C=C(c1ccccc1C#C[Si](C)(C)C)C1CC1. The number of hydrogen-bond donors (Lipinski definition) is 0. The van der Waals surface area contributed by atoms with Crippen molar-refractivity contribution >= 4 is 13.6 Å². The van der Waals surface area contributed by atoms with Crippen LogP contribution in [-0.4, -0.2) is 8.07 Å². The van der Waals surface area contributed by atoms with Gasteiger partial charge in [-0.2, -0.15) is 0 Å². The normalized spacial score (nSPS) is 15.0. The molecule has 1 heteroatoms. The van der Waals surface area contributed by atoms with Gasteiger partial charge in [-0.3, -0.25) is 0 Å². The molecule has 2 rings (SSSR count). The van der Waals surface area contributed by atoms with Crippen molar-refractivity contribution in [3.8, 4) is 11.5 Å². The standard InChI is InChI=1S/C16H20Si/c1-13(14-9-10-14)16-8-6-5-7-15(16)11-12-17(2,3)4/h5-8,14H,1,9-10H2,2-4H3. The van der Waals surface area contributed by atoms with Crippen LogP contribution < -0.4 is 0 Å². The average Bonchev–Trinajstić information content (AvgIpc) is 3.08. The van der Waals surface area contributed by atoms with E-state index in [-0.39, 0.29) is 0 Å². The van der Waals surface area contributed by atoms with Crippen molar-refractivity contribution in [1.29, 1.82) is 0 Å². The monoisotopic (exact) mass is 240 g/mol. The third kappa shape index (κ3) is 3.34. The molecule has 88 valence electrons. The lowest BCUT2D eigenvalue weighted by Crippen LogP contribution is -2.16. The van der Waals surface area contributed by atoms with E-state index in [9.17, 15) is 0 Å². The van der Waals surface area contributed by atoms with Gasteiger partial charge in [0.15, 0.2) is 0 Å². The Morgan fingerprint density at radius 3 is 2.47 bits per heavy atom. The number of benzene rings is 1. The summed E-state index contributed by atoms with van der Waals surface area (Å²) in [6.45, 7) is 11.1. The Balaban J connectivity index is 2.32. The molecule has 0 aromatic heterocycles. The molecule has 0 spiro atoms. The van der Waals surface area contributed by atoms with Gasteiger partial charge in [0.1, 0.15) is 8.07 Å². The zero-order valence-corrected chi connectivity index (χ0v) is 12.0. The van der Waals surface area contributed by atoms with Crippen LogP contribution in [-0.2, 0) is 0 Å². The highest BCUT2D eigenvalue weighted by atomic mass is 28.3. The summed E-state index contributed by atoms with van der Waals surface area (Å²) in [5.41, 5.74) is 7.15. The number of hydrogen-bond acceptors (Lipinski definition) is 0. The third-order valence-electron chi connectivity index (χ3n) is 2.92. The lowest BCUT2D eigenvalue weighted by atomic mass is 9.98. The van der Waals surface area contributed by atoms with E-state index in [1.807, 2.05) is 0 Å². The summed E-state index contributed by atoms with van der Waals surface area (Å²) in [6, 6.07) is 8.44. The van der Waals surface area contributed by atoms with Crippen molar-refractivity contribution < 1.29 is 0 Å². The van der Waals surface area contributed by atoms with Crippen molar-refractivity contribution in [1.82, 2.24) is 0 Å². The van der Waals surface area contributed by atoms with Crippen molar-refractivity contribution in [2.24, 2.45) is 5.92 Å². The molecule has 0 atom stereocenters. The van der Waals surface area contributed by atoms with Crippen molar-refractivity contribution in [2.75, 3.05) is 0 Å². The summed E-state index contributed by atoms with van der Waals surface area (Å²) in [5, 5.41) is 0. The van der Waals surface area contributed by atoms with Crippen LogP contribution in [0.25, 0.3) is 5.57 Å². The Kier molecular flexibility index (Phi) is 3.26. The minimum Gasteiger partial charge on any atom is -0.127 e. The van der Waals surface area contributed by atoms with Crippen LogP contribution in [0, 0.1) is 17.4 Å². The maximum absolute atomic E-state index is 4.24. The summed E-state index contributed by atoms with van der Waals surface area (Å²) in [7, 11) is -1.30. The molecule has 0 aliphatic heterocycles. The van der Waals surface area contributed by atoms with Crippen LogP contribution >= 0.6 is 0 Å². The maximum atomic E-state index is 4.24. The van der Waals surface area contributed by atoms with Gasteiger partial charge in [0.2, 0.25) is 0 Å². The Morgan fingerprint density at radius 2 is 1.88 bits per heavy atom. The molecule has 0 radical (unpaired) electrons. The Labute approximate surface area is 106 Å². The molecule has 1 saturated carbocycles. The van der Waals surface area contributed by atoms with Crippen LogP contribution in [0.4, 0.5) is 0 Å². The topological polar surface area (TPSA) is 0 Å². The second-order valence-electron chi connectivity index (χ2n) is 5.85. The first-order valence-corrected chi connectivity index (χ1v) is 9.79. The highest BCUT2D eigenvalue weighted by Gasteiger charge is 2.26. The van der Waals surface area contributed by atoms with Gasteiger partial charge in [-0.25, -0.2) is 0 Å². The fraction of sp³-hybridized carbons (Fsp3) is 0.375. The second-order valence-corrected chi connectivity index (χ2v) is 10.6. The van der Waals surface area contributed by atoms with E-state index in [1.54, 1.807) is 0 Å². The maximum Gasteiger partial charge on any atom is 0.129 e. The second kappa shape index (κ2) is 4.54. The molecule has 0 N–H and O–H groups in total. The molecule has 1 aromatic carbocycles. The summed E-state index contributed by atoms with van der Waals surface area (Å²) >= 11 is 0. The predicted molar refractivity (Wildman–Crippen MR) is 78.4 cm³/mol. The molecule has 0 saturated heterocycles. The van der Waals surface area contributed by atoms with Crippen LogP contribution in [0.2, 0.25) is 19.6 Å². The summed E-state index contributed by atoms with van der Waals surface area (Å²) < 4.78 is 0. The van der Waals surface area contributed by atoms with Crippen LogP contribution in [0.5, 0.6) is 0 Å². The first kappa shape index (κ1) is 12.2. The molecule has 1 fully saturated rings. The van der Waals surface area contributed by atoms with Gasteiger partial charge in [0.25, 0.3) is 0 Å². The molecule has 0 nitrogen and oxygen atoms in total. The third-order valence-corrected chi connectivity index (χ3v) is 3.79. The average molecular weight is 240 g/mol. The van der Waals surface area contributed by atoms with Gasteiger partial charge in [0, 0.05) is 5.56 Å². The van der Waals surface area contributed by atoms with E-state index in [4.69, 9.17) is 0 Å². The molecule has 1 aromatic rings. The lowest BCUT2D eigenvalue weighted by molar-refractivity contribution is 1.15. The smallest absolute Gasteiger partial charge is 0.127 e. The van der Waals surface area contributed by atoms with Gasteiger partial charge in [-0.1, -0.05) is 50.3 Å². The highest BCUT2D eigenvalue weighted by molar-refractivity contribution is 6.83. The minimum atomic E-state index is -1.30. The molecule has 0 heterocycles. The van der Waals surface area contributed by atoms with Gasteiger partial charge >= 0.3 is 0 Å². The Hall–Kier alpha value is -1.26. The molecule has 17 heavy (non-hydrogen) atoms. The van der Waals surface area contributed by atoms with Crippen LogP contribution in [0.15, 0.2) is 30.8 Å². The highest BCUT2D eigenvalue weighted by Crippen LogP contribution is 2.41. The molecule has 1 aliphatic carbocycles. The van der Waals surface area contributed by atoms with E-state index in [0.717, 1.165) is 5.56 Å². The van der Waals surface area contributed by atoms with Gasteiger partial charge in [-0.05, 0) is 36.0 Å². The molecule has 0 bridgehead atoms. The van der Waals surface area contributed by atoms with Gasteiger partial charge in [-0.15, -0.1) is 5.54 Å². The fourth-order valence-corrected chi connectivity index (χ4v) is 2.29. The first-order chi connectivity index (χ1) is 7.97. The van der Waals surface area contributed by atoms with E-state index in [2.05, 4.69) is 61.9 Å². The van der Waals surface area contributed by atoms with E-state index in [1.165, 1.54) is 24.0 Å². The zero-order valence-electron chi connectivity index (χ0n) is 11.0. The fourth-order valence-electron chi connectivity index (χ4n) is 1.78. The Bertz CT molecular complexity index is 490. The quantitative estimate of drug-likeness (QED) is 0.533. The largest absolute Gasteiger partial charge is 0.129 e. The summed E-state index contributed by atoms with van der Waals surface area (Å²) in [5.74, 6) is 4.08. The number of allylic oxidation sites excluding steroid dienone is 1. The molecular formula is C16H20Si. The molecular weight excluding hydrogens is 220 g/mol. The first-order valence-electron chi connectivity index (χ1n) is 6.29. The lowest BCUT2D eigenvalue weighted by Gasteiger charge is -2.08. The van der Waals surface area contributed by atoms with E-state index < -0.39 is 8.07 Å². The zero-order chi connectivity index (χ0) is 12.5. The molecule has 1 aliphatic rings. The Morgan fingerprint density at radius 1 is 1.24 bits per heavy atom. The molecule has 0 unspecified atom stereocenters. The van der Waals surface area contributed by atoms with Crippen LogP contribution in [0.3, 0.4) is 0 Å². The van der Waals surface area contributed by atoms with Crippen molar-refractivity contribution in [3.63, 3.8) is 0 Å².